The zero-order valence-electron chi connectivity index (χ0n) is 10.1. The summed E-state index contributed by atoms with van der Waals surface area (Å²) in [6.45, 7) is 4.93. The normalized spacial score (nSPS) is 10.5. The van der Waals surface area contributed by atoms with Crippen molar-refractivity contribution in [2.45, 2.75) is 33.2 Å². The van der Waals surface area contributed by atoms with E-state index in [4.69, 9.17) is 0 Å². The lowest BCUT2D eigenvalue weighted by Gasteiger charge is -2.04. The minimum absolute atomic E-state index is 0.772. The Balaban J connectivity index is 1.96. The Bertz CT molecular complexity index is 481. The van der Waals surface area contributed by atoms with E-state index in [1.165, 1.54) is 4.88 Å². The maximum atomic E-state index is 4.23. The second-order valence-corrected chi connectivity index (χ2v) is 5.16. The summed E-state index contributed by atoms with van der Waals surface area (Å²) >= 11 is 1.70. The number of anilines is 1. The first-order valence-corrected chi connectivity index (χ1v) is 6.55. The highest BCUT2D eigenvalue weighted by Crippen LogP contribution is 2.13. The number of nitrogens with zero attached hydrogens (tertiary/aromatic N) is 3. The number of thiazole rings is 1. The molecule has 2 aromatic rings. The quantitative estimate of drug-likeness (QED) is 0.884. The first kappa shape index (κ1) is 12.0. The van der Waals surface area contributed by atoms with E-state index in [9.17, 15) is 0 Å². The molecule has 0 aliphatic heterocycles. The number of rotatable bonds is 5. The lowest BCUT2D eigenvalue weighted by molar-refractivity contribution is 0.871. The Labute approximate surface area is 105 Å². The van der Waals surface area contributed by atoms with Gasteiger partial charge in [-0.3, -0.25) is 0 Å². The van der Waals surface area contributed by atoms with Crippen molar-refractivity contribution in [2.24, 2.45) is 0 Å². The van der Waals surface area contributed by atoms with Gasteiger partial charge in [0, 0.05) is 22.8 Å². The molecule has 2 heterocycles. The fraction of sp³-hybridized carbons (Fsp3) is 0.417. The fourth-order valence-electron chi connectivity index (χ4n) is 1.55. The number of aromatic nitrogens is 3. The average molecular weight is 248 g/mol. The Morgan fingerprint density at radius 1 is 1.29 bits per heavy atom. The van der Waals surface area contributed by atoms with Crippen molar-refractivity contribution in [3.8, 4) is 0 Å². The van der Waals surface area contributed by atoms with Gasteiger partial charge in [0.2, 0.25) is 0 Å². The van der Waals surface area contributed by atoms with Gasteiger partial charge < -0.3 is 5.32 Å². The summed E-state index contributed by atoms with van der Waals surface area (Å²) in [6.07, 6.45) is 5.62. The Morgan fingerprint density at radius 3 is 2.88 bits per heavy atom. The largest absolute Gasteiger partial charge is 0.365 e. The molecule has 0 unspecified atom stereocenters. The molecular formula is C12H16N4S. The average Bonchev–Trinajstić information content (AvgIpc) is 2.74. The third-order valence-electron chi connectivity index (χ3n) is 2.34. The molecule has 5 heteroatoms. The van der Waals surface area contributed by atoms with E-state index in [1.807, 2.05) is 19.2 Å². The molecule has 2 rings (SSSR count). The summed E-state index contributed by atoms with van der Waals surface area (Å²) in [6, 6.07) is 2.01. The van der Waals surface area contributed by atoms with E-state index in [0.29, 0.717) is 0 Å². The van der Waals surface area contributed by atoms with Crippen molar-refractivity contribution < 1.29 is 0 Å². The number of hydrogen-bond acceptors (Lipinski definition) is 5. The summed E-state index contributed by atoms with van der Waals surface area (Å²) < 4.78 is 0. The molecule has 0 bridgehead atoms. The topological polar surface area (TPSA) is 50.7 Å². The molecule has 0 radical (unpaired) electrons. The summed E-state index contributed by atoms with van der Waals surface area (Å²) in [5, 5.41) is 4.39. The number of hydrogen-bond donors (Lipinski definition) is 1. The molecular weight excluding hydrogens is 232 g/mol. The minimum Gasteiger partial charge on any atom is -0.365 e. The van der Waals surface area contributed by atoms with Crippen LogP contribution in [0.2, 0.25) is 0 Å². The molecule has 0 spiro atoms. The van der Waals surface area contributed by atoms with Crippen LogP contribution in [0.15, 0.2) is 18.6 Å². The van der Waals surface area contributed by atoms with Crippen LogP contribution in [0.5, 0.6) is 0 Å². The van der Waals surface area contributed by atoms with Gasteiger partial charge in [-0.05, 0) is 13.3 Å². The molecule has 0 aliphatic rings. The lowest BCUT2D eigenvalue weighted by Crippen LogP contribution is -2.01. The Hall–Kier alpha value is -1.49. The van der Waals surface area contributed by atoms with E-state index in [-0.39, 0.29) is 0 Å². The van der Waals surface area contributed by atoms with Gasteiger partial charge in [-0.15, -0.1) is 11.3 Å². The summed E-state index contributed by atoms with van der Waals surface area (Å²) in [5.41, 5.74) is 1.09. The molecule has 0 saturated carbocycles. The summed E-state index contributed by atoms with van der Waals surface area (Å²) in [7, 11) is 0. The summed E-state index contributed by atoms with van der Waals surface area (Å²) in [4.78, 5) is 13.9. The van der Waals surface area contributed by atoms with Crippen molar-refractivity contribution in [1.29, 1.82) is 0 Å². The second kappa shape index (κ2) is 5.72. The molecule has 90 valence electrons. The minimum atomic E-state index is 0.772. The predicted octanol–water partition coefficient (Wildman–Crippen LogP) is 2.81. The fourth-order valence-corrected chi connectivity index (χ4v) is 2.29. The third kappa shape index (κ3) is 3.49. The van der Waals surface area contributed by atoms with Crippen molar-refractivity contribution >= 4 is 17.2 Å². The van der Waals surface area contributed by atoms with Crippen molar-refractivity contribution in [1.82, 2.24) is 15.0 Å². The van der Waals surface area contributed by atoms with E-state index < -0.39 is 0 Å². The molecule has 0 saturated heterocycles. The summed E-state index contributed by atoms with van der Waals surface area (Å²) in [5.74, 6) is 0.884. The van der Waals surface area contributed by atoms with Crippen LogP contribution in [0, 0.1) is 6.92 Å². The first-order valence-electron chi connectivity index (χ1n) is 5.74. The smallest absolute Gasteiger partial charge is 0.129 e. The standard InChI is InChI=1S/C12H16N4S/c1-3-4-10-5-12(16-8-15-10)14-7-11-6-13-9(2)17-11/h5-6,8H,3-4,7H2,1-2H3,(H,14,15,16). The van der Waals surface area contributed by atoms with Crippen LogP contribution in [0.25, 0.3) is 0 Å². The van der Waals surface area contributed by atoms with E-state index in [2.05, 4.69) is 27.2 Å². The molecule has 4 nitrogen and oxygen atoms in total. The van der Waals surface area contributed by atoms with Crippen LogP contribution in [0.1, 0.15) is 28.9 Å². The van der Waals surface area contributed by atoms with Gasteiger partial charge in [-0.1, -0.05) is 13.3 Å². The molecule has 0 amide bonds. The van der Waals surface area contributed by atoms with Crippen LogP contribution in [-0.2, 0) is 13.0 Å². The van der Waals surface area contributed by atoms with Crippen molar-refractivity contribution in [3.05, 3.63) is 34.2 Å². The highest BCUT2D eigenvalue weighted by molar-refractivity contribution is 7.11. The Kier molecular flexibility index (Phi) is 4.03. The van der Waals surface area contributed by atoms with Gasteiger partial charge in [0.25, 0.3) is 0 Å². The van der Waals surface area contributed by atoms with Gasteiger partial charge in [0.05, 0.1) is 11.6 Å². The van der Waals surface area contributed by atoms with Gasteiger partial charge in [0.15, 0.2) is 0 Å². The van der Waals surface area contributed by atoms with Crippen LogP contribution in [0.3, 0.4) is 0 Å². The highest BCUT2D eigenvalue weighted by Gasteiger charge is 2.00. The molecule has 0 aromatic carbocycles. The van der Waals surface area contributed by atoms with E-state index >= 15 is 0 Å². The predicted molar refractivity (Wildman–Crippen MR) is 70.2 cm³/mol. The van der Waals surface area contributed by atoms with E-state index in [1.54, 1.807) is 17.7 Å². The van der Waals surface area contributed by atoms with Crippen LogP contribution < -0.4 is 5.32 Å². The maximum absolute atomic E-state index is 4.23. The van der Waals surface area contributed by atoms with Crippen LogP contribution in [-0.4, -0.2) is 15.0 Å². The molecule has 0 aliphatic carbocycles. The zero-order chi connectivity index (χ0) is 12.1. The second-order valence-electron chi connectivity index (χ2n) is 3.84. The van der Waals surface area contributed by atoms with Crippen LogP contribution >= 0.6 is 11.3 Å². The van der Waals surface area contributed by atoms with Crippen molar-refractivity contribution in [2.75, 3.05) is 5.32 Å². The third-order valence-corrected chi connectivity index (χ3v) is 3.26. The maximum Gasteiger partial charge on any atom is 0.129 e. The zero-order valence-corrected chi connectivity index (χ0v) is 10.9. The van der Waals surface area contributed by atoms with Gasteiger partial charge in [-0.25, -0.2) is 15.0 Å². The SMILES string of the molecule is CCCc1cc(NCc2cnc(C)s2)ncn1. The Morgan fingerprint density at radius 2 is 2.18 bits per heavy atom. The van der Waals surface area contributed by atoms with Crippen molar-refractivity contribution in [3.63, 3.8) is 0 Å². The molecule has 17 heavy (non-hydrogen) atoms. The molecule has 2 aromatic heterocycles. The number of aryl methyl sites for hydroxylation is 2. The van der Waals surface area contributed by atoms with Gasteiger partial charge in [0.1, 0.15) is 12.1 Å². The van der Waals surface area contributed by atoms with Gasteiger partial charge >= 0.3 is 0 Å². The number of nitrogens with one attached hydrogen (secondary N) is 1. The molecule has 0 fully saturated rings. The first-order chi connectivity index (χ1) is 8.28. The molecule has 1 N–H and O–H groups in total. The van der Waals surface area contributed by atoms with Gasteiger partial charge in [-0.2, -0.15) is 0 Å². The van der Waals surface area contributed by atoms with E-state index in [0.717, 1.165) is 35.9 Å². The monoisotopic (exact) mass is 248 g/mol. The van der Waals surface area contributed by atoms with Crippen LogP contribution in [0.4, 0.5) is 5.82 Å². The molecule has 0 atom stereocenters. The lowest BCUT2D eigenvalue weighted by atomic mass is 10.2. The highest BCUT2D eigenvalue weighted by atomic mass is 32.1.